The molecule has 1 aliphatic rings. The summed E-state index contributed by atoms with van der Waals surface area (Å²) >= 11 is 0. The monoisotopic (exact) mass is 530 g/mol. The predicted molar refractivity (Wildman–Crippen MR) is 134 cm³/mol. The molecule has 214 valence electrons. The SMILES string of the molecule is CO[C@H]1O[C@H](COC(=O)C(C)(C)C)[C@@H](OC(=O)C(C)(C)C)[C@H](OC(=O)C(C)(C)C)[C@@H]1OC(=O)C(C)(C)C. The number of esters is 4. The summed E-state index contributed by atoms with van der Waals surface area (Å²) in [7, 11) is 1.34. The molecular formula is C27H46O10. The van der Waals surface area contributed by atoms with Gasteiger partial charge in [0.25, 0.3) is 0 Å². The molecule has 0 N–H and O–H groups in total. The van der Waals surface area contributed by atoms with Gasteiger partial charge in [-0.05, 0) is 83.1 Å². The van der Waals surface area contributed by atoms with E-state index in [-0.39, 0.29) is 6.61 Å². The number of ether oxygens (including phenoxy) is 6. The minimum absolute atomic E-state index is 0.318. The van der Waals surface area contributed by atoms with Crippen molar-refractivity contribution in [2.45, 2.75) is 114 Å². The van der Waals surface area contributed by atoms with Gasteiger partial charge in [-0.2, -0.15) is 0 Å². The Morgan fingerprint density at radius 2 is 0.919 bits per heavy atom. The fraction of sp³-hybridized carbons (Fsp3) is 0.852. The van der Waals surface area contributed by atoms with Crippen molar-refractivity contribution in [3.8, 4) is 0 Å². The lowest BCUT2D eigenvalue weighted by Gasteiger charge is -2.45. The van der Waals surface area contributed by atoms with Crippen LogP contribution in [0.3, 0.4) is 0 Å². The fourth-order valence-electron chi connectivity index (χ4n) is 2.88. The number of rotatable bonds is 6. The maximum atomic E-state index is 13.0. The third kappa shape index (κ3) is 9.25. The van der Waals surface area contributed by atoms with E-state index in [1.807, 2.05) is 0 Å². The van der Waals surface area contributed by atoms with E-state index >= 15 is 0 Å². The third-order valence-electron chi connectivity index (χ3n) is 5.38. The molecule has 5 atom stereocenters. The first kappa shape index (κ1) is 32.8. The van der Waals surface area contributed by atoms with Crippen molar-refractivity contribution in [1.82, 2.24) is 0 Å². The molecular weight excluding hydrogens is 484 g/mol. The molecule has 0 amide bonds. The van der Waals surface area contributed by atoms with Crippen LogP contribution in [0.15, 0.2) is 0 Å². The lowest BCUT2D eigenvalue weighted by Crippen LogP contribution is -2.64. The number of carbonyl (C=O) groups is 4. The van der Waals surface area contributed by atoms with Gasteiger partial charge in [0.2, 0.25) is 0 Å². The second-order valence-electron chi connectivity index (χ2n) is 13.5. The fourth-order valence-corrected chi connectivity index (χ4v) is 2.88. The van der Waals surface area contributed by atoms with E-state index < -0.39 is 76.2 Å². The summed E-state index contributed by atoms with van der Waals surface area (Å²) < 4.78 is 34.4. The van der Waals surface area contributed by atoms with E-state index in [1.165, 1.54) is 7.11 Å². The summed E-state index contributed by atoms with van der Waals surface area (Å²) in [4.78, 5) is 51.3. The molecule has 0 aliphatic carbocycles. The van der Waals surface area contributed by atoms with Crippen molar-refractivity contribution >= 4 is 23.9 Å². The van der Waals surface area contributed by atoms with Crippen molar-refractivity contribution < 1.29 is 47.6 Å². The van der Waals surface area contributed by atoms with Crippen LogP contribution in [-0.2, 0) is 47.6 Å². The van der Waals surface area contributed by atoms with E-state index in [9.17, 15) is 19.2 Å². The van der Waals surface area contributed by atoms with Crippen LogP contribution in [0.25, 0.3) is 0 Å². The van der Waals surface area contributed by atoms with Crippen LogP contribution < -0.4 is 0 Å². The first-order chi connectivity index (χ1) is 16.5. The van der Waals surface area contributed by atoms with Crippen LogP contribution in [0.1, 0.15) is 83.1 Å². The zero-order valence-corrected chi connectivity index (χ0v) is 24.7. The summed E-state index contributed by atoms with van der Waals surface area (Å²) in [5.74, 6) is -2.33. The molecule has 0 aromatic heterocycles. The topological polar surface area (TPSA) is 124 Å². The Balaban J connectivity index is 3.58. The van der Waals surface area contributed by atoms with E-state index in [2.05, 4.69) is 0 Å². The van der Waals surface area contributed by atoms with Gasteiger partial charge in [0, 0.05) is 7.11 Å². The first-order valence-electron chi connectivity index (χ1n) is 12.5. The molecule has 0 aromatic carbocycles. The van der Waals surface area contributed by atoms with Crippen molar-refractivity contribution in [3.05, 3.63) is 0 Å². The molecule has 1 rings (SSSR count). The lowest BCUT2D eigenvalue weighted by atomic mass is 9.93. The number of hydrogen-bond donors (Lipinski definition) is 0. The summed E-state index contributed by atoms with van der Waals surface area (Å²) in [6, 6.07) is 0. The highest BCUT2D eigenvalue weighted by atomic mass is 16.7. The van der Waals surface area contributed by atoms with Gasteiger partial charge in [-0.3, -0.25) is 19.2 Å². The Bertz CT molecular complexity index is 835. The van der Waals surface area contributed by atoms with Gasteiger partial charge in [0.05, 0.1) is 21.7 Å². The second-order valence-corrected chi connectivity index (χ2v) is 13.5. The van der Waals surface area contributed by atoms with Crippen molar-refractivity contribution in [1.29, 1.82) is 0 Å². The Morgan fingerprint density at radius 3 is 1.27 bits per heavy atom. The highest BCUT2D eigenvalue weighted by Crippen LogP contribution is 2.34. The van der Waals surface area contributed by atoms with Crippen molar-refractivity contribution in [3.63, 3.8) is 0 Å². The summed E-state index contributed by atoms with van der Waals surface area (Å²) in [6.07, 6.45) is -6.12. The van der Waals surface area contributed by atoms with Crippen LogP contribution in [0.2, 0.25) is 0 Å². The van der Waals surface area contributed by atoms with Gasteiger partial charge in [0.1, 0.15) is 12.7 Å². The standard InChI is InChI=1S/C27H46O10/c1-24(2,3)20(28)33-14-15-16(35-21(29)25(4,5)6)17(36-22(30)26(7,8)9)18(19(32-13)34-15)37-23(31)27(10,11)12/h15-19H,14H2,1-13H3/t15-,16-,17+,18+,19+/m1/s1. The predicted octanol–water partition coefficient (Wildman–Crippen LogP) is 3.82. The first-order valence-corrected chi connectivity index (χ1v) is 12.5. The maximum Gasteiger partial charge on any atom is 0.311 e. The minimum Gasteiger partial charge on any atom is -0.462 e. The number of hydrogen-bond acceptors (Lipinski definition) is 10. The highest BCUT2D eigenvalue weighted by molar-refractivity contribution is 5.78. The largest absolute Gasteiger partial charge is 0.462 e. The number of carbonyl (C=O) groups excluding carboxylic acids is 4. The van der Waals surface area contributed by atoms with Crippen LogP contribution in [0.4, 0.5) is 0 Å². The van der Waals surface area contributed by atoms with Gasteiger partial charge in [-0.25, -0.2) is 0 Å². The zero-order valence-electron chi connectivity index (χ0n) is 24.7. The second kappa shape index (κ2) is 11.7. The van der Waals surface area contributed by atoms with Gasteiger partial charge >= 0.3 is 23.9 Å². The van der Waals surface area contributed by atoms with Gasteiger partial charge < -0.3 is 28.4 Å². The molecule has 1 heterocycles. The molecule has 10 nitrogen and oxygen atoms in total. The van der Waals surface area contributed by atoms with Gasteiger partial charge in [0.15, 0.2) is 24.6 Å². The van der Waals surface area contributed by atoms with Gasteiger partial charge in [-0.15, -0.1) is 0 Å². The lowest BCUT2D eigenvalue weighted by molar-refractivity contribution is -0.306. The highest BCUT2D eigenvalue weighted by Gasteiger charge is 2.54. The maximum absolute atomic E-state index is 13.0. The van der Waals surface area contributed by atoms with Crippen LogP contribution in [0.5, 0.6) is 0 Å². The normalized spacial score (nSPS) is 25.2. The Hall–Kier alpha value is -2.20. The van der Waals surface area contributed by atoms with E-state index in [0.717, 1.165) is 0 Å². The summed E-state index contributed by atoms with van der Waals surface area (Å²) in [5.41, 5.74) is -3.53. The molecule has 0 spiro atoms. The molecule has 1 fully saturated rings. The average Bonchev–Trinajstić information content (AvgIpc) is 2.71. The molecule has 1 saturated heterocycles. The smallest absolute Gasteiger partial charge is 0.311 e. The molecule has 37 heavy (non-hydrogen) atoms. The Kier molecular flexibility index (Phi) is 10.4. The van der Waals surface area contributed by atoms with Crippen LogP contribution in [0, 0.1) is 21.7 Å². The minimum atomic E-state index is -1.30. The molecule has 0 saturated carbocycles. The Labute approximate surface area is 221 Å². The quantitative estimate of drug-likeness (QED) is 0.370. The van der Waals surface area contributed by atoms with E-state index in [1.54, 1.807) is 83.1 Å². The summed E-state index contributed by atoms with van der Waals surface area (Å²) in [5, 5.41) is 0. The summed E-state index contributed by atoms with van der Waals surface area (Å²) in [6.45, 7) is 19.8. The zero-order chi connectivity index (χ0) is 29.1. The molecule has 10 heteroatoms. The number of methoxy groups -OCH3 is 1. The molecule has 0 aromatic rings. The van der Waals surface area contributed by atoms with Crippen molar-refractivity contribution in [2.24, 2.45) is 21.7 Å². The van der Waals surface area contributed by atoms with Gasteiger partial charge in [-0.1, -0.05) is 0 Å². The van der Waals surface area contributed by atoms with E-state index in [4.69, 9.17) is 28.4 Å². The third-order valence-corrected chi connectivity index (χ3v) is 5.38. The Morgan fingerprint density at radius 1 is 0.568 bits per heavy atom. The molecule has 0 unspecified atom stereocenters. The molecule has 0 bridgehead atoms. The molecule has 1 aliphatic heterocycles. The van der Waals surface area contributed by atoms with Crippen molar-refractivity contribution in [2.75, 3.05) is 13.7 Å². The molecule has 0 radical (unpaired) electrons. The van der Waals surface area contributed by atoms with Crippen LogP contribution in [-0.4, -0.2) is 68.3 Å². The average molecular weight is 531 g/mol. The van der Waals surface area contributed by atoms with E-state index in [0.29, 0.717) is 0 Å². The van der Waals surface area contributed by atoms with Crippen LogP contribution >= 0.6 is 0 Å².